The van der Waals surface area contributed by atoms with E-state index in [4.69, 9.17) is 0 Å². The Kier molecular flexibility index (Phi) is 3.81. The number of benzene rings is 2. The van der Waals surface area contributed by atoms with Crippen LogP contribution in [0, 0.1) is 0 Å². The third kappa shape index (κ3) is 2.61. The SMILES string of the molecule is CN(C)[C@@H]1c2ccccc2C[C@@H]1Nc1nn(C)c(=O)c2ccccc12. The van der Waals surface area contributed by atoms with Crippen LogP contribution in [0.15, 0.2) is 53.3 Å². The molecule has 0 spiro atoms. The Balaban J connectivity index is 1.77. The minimum atomic E-state index is -0.0694. The van der Waals surface area contributed by atoms with E-state index in [0.717, 1.165) is 17.6 Å². The first kappa shape index (κ1) is 15.8. The molecule has 5 heteroatoms. The topological polar surface area (TPSA) is 50.2 Å². The Morgan fingerprint density at radius 1 is 1.08 bits per heavy atom. The molecule has 4 rings (SSSR count). The molecule has 1 aliphatic rings. The molecule has 0 bridgehead atoms. The average Bonchev–Trinajstić information content (AvgIpc) is 2.97. The summed E-state index contributed by atoms with van der Waals surface area (Å²) < 4.78 is 1.41. The third-order valence-electron chi connectivity index (χ3n) is 5.03. The van der Waals surface area contributed by atoms with E-state index in [1.807, 2.05) is 24.3 Å². The number of anilines is 1. The maximum Gasteiger partial charge on any atom is 0.274 e. The van der Waals surface area contributed by atoms with Gasteiger partial charge < -0.3 is 10.2 Å². The molecule has 25 heavy (non-hydrogen) atoms. The third-order valence-corrected chi connectivity index (χ3v) is 5.03. The van der Waals surface area contributed by atoms with Gasteiger partial charge in [-0.3, -0.25) is 4.79 Å². The van der Waals surface area contributed by atoms with Gasteiger partial charge in [0.05, 0.1) is 17.5 Å². The monoisotopic (exact) mass is 334 g/mol. The lowest BCUT2D eigenvalue weighted by Crippen LogP contribution is -2.34. The van der Waals surface area contributed by atoms with Gasteiger partial charge in [-0.15, -0.1) is 0 Å². The fourth-order valence-electron chi connectivity index (χ4n) is 3.92. The standard InChI is InChI=1S/C20H22N4O/c1-23(2)18-14-9-5-4-8-13(14)12-17(18)21-19-15-10-6-7-11-16(15)20(25)24(3)22-19/h4-11,17-18H,12H2,1-3H3,(H,21,22)/t17-,18+/m0/s1. The van der Waals surface area contributed by atoms with E-state index in [2.05, 4.69) is 53.7 Å². The van der Waals surface area contributed by atoms with Crippen LogP contribution in [0.4, 0.5) is 5.82 Å². The van der Waals surface area contributed by atoms with Crippen LogP contribution in [0.3, 0.4) is 0 Å². The van der Waals surface area contributed by atoms with Crippen LogP contribution in [0.1, 0.15) is 17.2 Å². The van der Waals surface area contributed by atoms with Gasteiger partial charge in [0, 0.05) is 12.4 Å². The Bertz CT molecular complexity index is 992. The molecule has 0 radical (unpaired) electrons. The highest BCUT2D eigenvalue weighted by molar-refractivity contribution is 5.91. The molecule has 0 aliphatic heterocycles. The van der Waals surface area contributed by atoms with Gasteiger partial charge in [-0.1, -0.05) is 42.5 Å². The largest absolute Gasteiger partial charge is 0.363 e. The maximum absolute atomic E-state index is 12.3. The molecule has 2 atom stereocenters. The number of hydrogen-bond acceptors (Lipinski definition) is 4. The molecule has 128 valence electrons. The lowest BCUT2D eigenvalue weighted by molar-refractivity contribution is 0.282. The normalized spacial score (nSPS) is 19.4. The maximum atomic E-state index is 12.3. The smallest absolute Gasteiger partial charge is 0.274 e. The van der Waals surface area contributed by atoms with Crippen LogP contribution in [-0.2, 0) is 13.5 Å². The van der Waals surface area contributed by atoms with Crippen molar-refractivity contribution in [3.63, 3.8) is 0 Å². The van der Waals surface area contributed by atoms with Crippen molar-refractivity contribution in [2.24, 2.45) is 7.05 Å². The second-order valence-electron chi connectivity index (χ2n) is 6.89. The molecule has 3 aromatic rings. The quantitative estimate of drug-likeness (QED) is 0.800. The average molecular weight is 334 g/mol. The molecule has 1 N–H and O–H groups in total. The van der Waals surface area contributed by atoms with E-state index in [1.165, 1.54) is 15.8 Å². The molecule has 0 fully saturated rings. The predicted octanol–water partition coefficient (Wildman–Crippen LogP) is 2.57. The fraction of sp³-hybridized carbons (Fsp3) is 0.300. The molecule has 0 saturated heterocycles. The van der Waals surface area contributed by atoms with Crippen molar-refractivity contribution < 1.29 is 0 Å². The molecule has 0 unspecified atom stereocenters. The number of hydrogen-bond donors (Lipinski definition) is 1. The summed E-state index contributed by atoms with van der Waals surface area (Å²) in [5.74, 6) is 0.766. The Hall–Kier alpha value is -2.66. The Morgan fingerprint density at radius 2 is 1.76 bits per heavy atom. The second-order valence-corrected chi connectivity index (χ2v) is 6.89. The number of nitrogens with one attached hydrogen (secondary N) is 1. The summed E-state index contributed by atoms with van der Waals surface area (Å²) >= 11 is 0. The first-order valence-corrected chi connectivity index (χ1v) is 8.53. The van der Waals surface area contributed by atoms with Gasteiger partial charge in [-0.2, -0.15) is 5.10 Å². The van der Waals surface area contributed by atoms with Crippen LogP contribution >= 0.6 is 0 Å². The van der Waals surface area contributed by atoms with E-state index < -0.39 is 0 Å². The van der Waals surface area contributed by atoms with Crippen LogP contribution in [-0.4, -0.2) is 34.8 Å². The number of aromatic nitrogens is 2. The first-order valence-electron chi connectivity index (χ1n) is 8.53. The van der Waals surface area contributed by atoms with Gasteiger partial charge in [-0.25, -0.2) is 4.68 Å². The number of rotatable bonds is 3. The minimum Gasteiger partial charge on any atom is -0.363 e. The van der Waals surface area contributed by atoms with E-state index in [-0.39, 0.29) is 17.6 Å². The van der Waals surface area contributed by atoms with Crippen molar-refractivity contribution in [3.8, 4) is 0 Å². The molecule has 1 aromatic heterocycles. The van der Waals surface area contributed by atoms with Crippen molar-refractivity contribution in [1.82, 2.24) is 14.7 Å². The van der Waals surface area contributed by atoms with Crippen LogP contribution < -0.4 is 10.9 Å². The van der Waals surface area contributed by atoms with E-state index in [1.54, 1.807) is 7.05 Å². The highest BCUT2D eigenvalue weighted by Crippen LogP contribution is 2.36. The molecular formula is C20H22N4O. The van der Waals surface area contributed by atoms with Gasteiger partial charge >= 0.3 is 0 Å². The molecular weight excluding hydrogens is 312 g/mol. The minimum absolute atomic E-state index is 0.0694. The van der Waals surface area contributed by atoms with E-state index in [0.29, 0.717) is 5.39 Å². The van der Waals surface area contributed by atoms with Gasteiger partial charge in [0.15, 0.2) is 5.82 Å². The number of nitrogens with zero attached hydrogens (tertiary/aromatic N) is 3. The first-order chi connectivity index (χ1) is 12.1. The predicted molar refractivity (Wildman–Crippen MR) is 101 cm³/mol. The molecule has 1 heterocycles. The van der Waals surface area contributed by atoms with Gasteiger partial charge in [-0.05, 0) is 37.7 Å². The second kappa shape index (κ2) is 6.01. The molecule has 5 nitrogen and oxygen atoms in total. The molecule has 2 aromatic carbocycles. The molecule has 1 aliphatic carbocycles. The Morgan fingerprint density at radius 3 is 2.52 bits per heavy atom. The van der Waals surface area contributed by atoms with E-state index in [9.17, 15) is 4.79 Å². The summed E-state index contributed by atoms with van der Waals surface area (Å²) in [4.78, 5) is 14.6. The van der Waals surface area contributed by atoms with Gasteiger partial charge in [0.1, 0.15) is 0 Å². The molecule has 0 amide bonds. The number of likely N-dealkylation sites (N-methyl/N-ethyl adjacent to an activating group) is 1. The van der Waals surface area contributed by atoms with Crippen molar-refractivity contribution >= 4 is 16.6 Å². The lowest BCUT2D eigenvalue weighted by Gasteiger charge is -2.28. The zero-order valence-corrected chi connectivity index (χ0v) is 14.7. The zero-order chi connectivity index (χ0) is 17.6. The zero-order valence-electron chi connectivity index (χ0n) is 14.7. The van der Waals surface area contributed by atoms with Crippen LogP contribution in [0.2, 0.25) is 0 Å². The molecule has 0 saturated carbocycles. The fourth-order valence-corrected chi connectivity index (χ4v) is 3.92. The summed E-state index contributed by atoms with van der Waals surface area (Å²) in [5.41, 5.74) is 2.66. The summed E-state index contributed by atoms with van der Waals surface area (Å²) in [5, 5.41) is 9.68. The lowest BCUT2D eigenvalue weighted by atomic mass is 10.1. The number of fused-ring (bicyclic) bond motifs is 2. The highest BCUT2D eigenvalue weighted by atomic mass is 16.1. The van der Waals surface area contributed by atoms with Gasteiger partial charge in [0.2, 0.25) is 0 Å². The summed E-state index contributed by atoms with van der Waals surface area (Å²) in [6.45, 7) is 0. The Labute approximate surface area is 146 Å². The number of aryl methyl sites for hydroxylation is 1. The van der Waals surface area contributed by atoms with Crippen molar-refractivity contribution in [2.75, 3.05) is 19.4 Å². The van der Waals surface area contributed by atoms with Gasteiger partial charge in [0.25, 0.3) is 5.56 Å². The highest BCUT2D eigenvalue weighted by Gasteiger charge is 2.34. The van der Waals surface area contributed by atoms with E-state index >= 15 is 0 Å². The van der Waals surface area contributed by atoms with Crippen LogP contribution in [0.25, 0.3) is 10.8 Å². The van der Waals surface area contributed by atoms with Crippen LogP contribution in [0.5, 0.6) is 0 Å². The van der Waals surface area contributed by atoms with Crippen molar-refractivity contribution in [2.45, 2.75) is 18.5 Å². The summed E-state index contributed by atoms with van der Waals surface area (Å²) in [6, 6.07) is 16.7. The summed E-state index contributed by atoms with van der Waals surface area (Å²) in [6.07, 6.45) is 0.942. The summed E-state index contributed by atoms with van der Waals surface area (Å²) in [7, 11) is 5.91. The van der Waals surface area contributed by atoms with Crippen molar-refractivity contribution in [1.29, 1.82) is 0 Å². The van der Waals surface area contributed by atoms with Crippen molar-refractivity contribution in [3.05, 3.63) is 70.0 Å².